The molecule has 1 aliphatic rings. The van der Waals surface area contributed by atoms with E-state index in [1.54, 1.807) is 30.3 Å². The van der Waals surface area contributed by atoms with Crippen LogP contribution in [-0.2, 0) is 0 Å². The number of amides is 1. The number of para-hydroxylation sites is 1. The number of ether oxygens (including phenoxy) is 1. The normalized spacial score (nSPS) is 16.9. The Morgan fingerprint density at radius 3 is 2.89 bits per heavy atom. The molecule has 1 aliphatic heterocycles. The average molecular weight is 363 g/mol. The lowest BCUT2D eigenvalue weighted by Crippen LogP contribution is -2.49. The van der Waals surface area contributed by atoms with Crippen LogP contribution in [0.1, 0.15) is 22.1 Å². The Kier molecular flexibility index (Phi) is 4.84. The maximum absolute atomic E-state index is 13.3. The van der Waals surface area contributed by atoms with Crippen molar-refractivity contribution in [2.45, 2.75) is 6.04 Å². The summed E-state index contributed by atoms with van der Waals surface area (Å²) >= 11 is 0. The molecule has 0 bridgehead atoms. The number of nitrogens with zero attached hydrogens (tertiary/aromatic N) is 4. The molecule has 4 rings (SSSR count). The van der Waals surface area contributed by atoms with E-state index in [0.717, 1.165) is 17.9 Å². The van der Waals surface area contributed by atoms with Crippen molar-refractivity contribution >= 4 is 5.91 Å². The van der Waals surface area contributed by atoms with E-state index in [1.165, 1.54) is 0 Å². The van der Waals surface area contributed by atoms with Gasteiger partial charge in [-0.2, -0.15) is 5.10 Å². The summed E-state index contributed by atoms with van der Waals surface area (Å²) in [4.78, 5) is 19.7. The minimum absolute atomic E-state index is 0.0959. The molecule has 3 aromatic rings. The van der Waals surface area contributed by atoms with Crippen molar-refractivity contribution in [3.8, 4) is 11.6 Å². The molecule has 7 heteroatoms. The summed E-state index contributed by atoms with van der Waals surface area (Å²) in [6, 6.07) is 14.9. The Morgan fingerprint density at radius 1 is 1.19 bits per heavy atom. The first-order chi connectivity index (χ1) is 13.3. The van der Waals surface area contributed by atoms with Gasteiger partial charge in [0.1, 0.15) is 11.4 Å². The third-order valence-electron chi connectivity index (χ3n) is 4.69. The van der Waals surface area contributed by atoms with Gasteiger partial charge in [0.2, 0.25) is 0 Å². The molecule has 3 heterocycles. The minimum atomic E-state index is -0.113. The predicted octanol–water partition coefficient (Wildman–Crippen LogP) is 2.06. The first kappa shape index (κ1) is 17.2. The molecule has 1 N–H and O–H groups in total. The van der Waals surface area contributed by atoms with Crippen LogP contribution in [0.4, 0.5) is 0 Å². The number of piperazine rings is 1. The van der Waals surface area contributed by atoms with E-state index >= 15 is 0 Å². The molecule has 1 atom stereocenters. The molecule has 1 saturated heterocycles. The highest BCUT2D eigenvalue weighted by atomic mass is 16.5. The van der Waals surface area contributed by atoms with Gasteiger partial charge >= 0.3 is 0 Å². The van der Waals surface area contributed by atoms with Crippen LogP contribution >= 0.6 is 0 Å². The van der Waals surface area contributed by atoms with Crippen LogP contribution in [0.3, 0.4) is 0 Å². The summed E-state index contributed by atoms with van der Waals surface area (Å²) in [6.45, 7) is 2.02. The highest BCUT2D eigenvalue weighted by molar-refractivity contribution is 5.93. The number of carbonyl (C=O) groups is 1. The second kappa shape index (κ2) is 7.59. The van der Waals surface area contributed by atoms with Crippen LogP contribution < -0.4 is 10.1 Å². The van der Waals surface area contributed by atoms with Gasteiger partial charge in [0.05, 0.1) is 13.2 Å². The fourth-order valence-corrected chi connectivity index (χ4v) is 3.39. The van der Waals surface area contributed by atoms with Gasteiger partial charge in [0, 0.05) is 37.6 Å². The molecule has 1 aromatic carbocycles. The number of nitrogens with one attached hydrogen (secondary N) is 1. The van der Waals surface area contributed by atoms with Gasteiger partial charge in [-0.1, -0.05) is 24.3 Å². The van der Waals surface area contributed by atoms with Crippen molar-refractivity contribution in [1.29, 1.82) is 0 Å². The van der Waals surface area contributed by atoms with Gasteiger partial charge in [0.25, 0.3) is 5.91 Å². The Balaban J connectivity index is 1.66. The smallest absolute Gasteiger partial charge is 0.273 e. The number of hydrogen-bond donors (Lipinski definition) is 1. The van der Waals surface area contributed by atoms with Crippen LogP contribution in [0.15, 0.2) is 60.9 Å². The Morgan fingerprint density at radius 2 is 2.07 bits per heavy atom. The van der Waals surface area contributed by atoms with Crippen LogP contribution in [0.25, 0.3) is 5.82 Å². The summed E-state index contributed by atoms with van der Waals surface area (Å²) in [6.07, 6.45) is 3.49. The second-order valence-electron chi connectivity index (χ2n) is 6.29. The van der Waals surface area contributed by atoms with Crippen molar-refractivity contribution in [1.82, 2.24) is 25.0 Å². The summed E-state index contributed by atoms with van der Waals surface area (Å²) in [5, 5.41) is 7.56. The van der Waals surface area contributed by atoms with E-state index in [9.17, 15) is 4.79 Å². The largest absolute Gasteiger partial charge is 0.496 e. The van der Waals surface area contributed by atoms with Gasteiger partial charge in [-0.25, -0.2) is 9.67 Å². The van der Waals surface area contributed by atoms with Crippen molar-refractivity contribution in [2.24, 2.45) is 0 Å². The standard InChI is InChI=1S/C20H21N5O2/c1-27-18-8-3-2-6-15(18)17-14-21-11-13-24(17)20(26)16-7-4-9-19(23-16)25-12-5-10-22-25/h2-10,12,17,21H,11,13-14H2,1H3. The first-order valence-corrected chi connectivity index (χ1v) is 8.89. The zero-order chi connectivity index (χ0) is 18.6. The Bertz CT molecular complexity index is 926. The fourth-order valence-electron chi connectivity index (χ4n) is 3.39. The van der Waals surface area contributed by atoms with Crippen molar-refractivity contribution in [2.75, 3.05) is 26.7 Å². The lowest BCUT2D eigenvalue weighted by Gasteiger charge is -2.37. The van der Waals surface area contributed by atoms with E-state index in [4.69, 9.17) is 4.74 Å². The highest BCUT2D eigenvalue weighted by Crippen LogP contribution is 2.31. The zero-order valence-electron chi connectivity index (χ0n) is 15.1. The Hall–Kier alpha value is -3.19. The molecule has 1 fully saturated rings. The molecule has 138 valence electrons. The van der Waals surface area contributed by atoms with Gasteiger partial charge in [-0.3, -0.25) is 4.79 Å². The maximum atomic E-state index is 13.3. The van der Waals surface area contributed by atoms with Crippen molar-refractivity contribution < 1.29 is 9.53 Å². The minimum Gasteiger partial charge on any atom is -0.496 e. The predicted molar refractivity (Wildman–Crippen MR) is 101 cm³/mol. The van der Waals surface area contributed by atoms with Gasteiger partial charge < -0.3 is 15.0 Å². The highest BCUT2D eigenvalue weighted by Gasteiger charge is 2.31. The summed E-state index contributed by atoms with van der Waals surface area (Å²) in [7, 11) is 1.65. The third-order valence-corrected chi connectivity index (χ3v) is 4.69. The number of pyridine rings is 1. The number of carbonyl (C=O) groups excluding carboxylic acids is 1. The summed E-state index contributed by atoms with van der Waals surface area (Å²) in [5.74, 6) is 1.30. The molecular formula is C20H21N5O2. The number of rotatable bonds is 4. The maximum Gasteiger partial charge on any atom is 0.273 e. The number of aromatic nitrogens is 3. The van der Waals surface area contributed by atoms with Crippen molar-refractivity contribution in [3.05, 3.63) is 72.2 Å². The molecule has 1 amide bonds. The lowest BCUT2D eigenvalue weighted by atomic mass is 10.0. The average Bonchev–Trinajstić information content (AvgIpc) is 3.28. The SMILES string of the molecule is COc1ccccc1C1CNCCN1C(=O)c1cccc(-n2cccn2)n1. The van der Waals surface area contributed by atoms with Crippen LogP contribution in [0.5, 0.6) is 5.75 Å². The molecule has 0 aliphatic carbocycles. The van der Waals surface area contributed by atoms with Crippen LogP contribution in [0.2, 0.25) is 0 Å². The van der Waals surface area contributed by atoms with E-state index in [2.05, 4.69) is 15.4 Å². The van der Waals surface area contributed by atoms with Gasteiger partial charge in [0.15, 0.2) is 5.82 Å². The molecule has 0 radical (unpaired) electrons. The summed E-state index contributed by atoms with van der Waals surface area (Å²) < 4.78 is 7.15. The van der Waals surface area contributed by atoms with Crippen LogP contribution in [-0.4, -0.2) is 52.3 Å². The monoisotopic (exact) mass is 363 g/mol. The third kappa shape index (κ3) is 3.41. The topological polar surface area (TPSA) is 72.3 Å². The number of benzene rings is 1. The number of methoxy groups -OCH3 is 1. The van der Waals surface area contributed by atoms with E-state index < -0.39 is 0 Å². The zero-order valence-corrected chi connectivity index (χ0v) is 15.1. The van der Waals surface area contributed by atoms with Gasteiger partial charge in [-0.05, 0) is 24.3 Å². The molecule has 0 saturated carbocycles. The molecule has 0 spiro atoms. The van der Waals surface area contributed by atoms with Crippen molar-refractivity contribution in [3.63, 3.8) is 0 Å². The summed E-state index contributed by atoms with van der Waals surface area (Å²) in [5.41, 5.74) is 1.40. The Labute approximate surface area is 157 Å². The fraction of sp³-hybridized carbons (Fsp3) is 0.250. The quantitative estimate of drug-likeness (QED) is 0.768. The first-order valence-electron chi connectivity index (χ1n) is 8.89. The lowest BCUT2D eigenvalue weighted by molar-refractivity contribution is 0.0625. The molecule has 7 nitrogen and oxygen atoms in total. The molecule has 2 aromatic heterocycles. The second-order valence-corrected chi connectivity index (χ2v) is 6.29. The van der Waals surface area contributed by atoms with Gasteiger partial charge in [-0.15, -0.1) is 0 Å². The van der Waals surface area contributed by atoms with E-state index in [0.29, 0.717) is 24.6 Å². The molecular weight excluding hydrogens is 342 g/mol. The molecule has 1 unspecified atom stereocenters. The number of hydrogen-bond acceptors (Lipinski definition) is 5. The van der Waals surface area contributed by atoms with E-state index in [1.807, 2.05) is 47.4 Å². The molecule has 27 heavy (non-hydrogen) atoms. The van der Waals surface area contributed by atoms with Crippen LogP contribution in [0, 0.1) is 0 Å². The van der Waals surface area contributed by atoms with E-state index in [-0.39, 0.29) is 11.9 Å².